The summed E-state index contributed by atoms with van der Waals surface area (Å²) in [6, 6.07) is 21.5. The van der Waals surface area contributed by atoms with Gasteiger partial charge < -0.3 is 29.7 Å². The number of ether oxygens (including phenoxy) is 3. The van der Waals surface area contributed by atoms with Gasteiger partial charge >= 0.3 is 0 Å². The van der Waals surface area contributed by atoms with Crippen LogP contribution in [0, 0.1) is 5.92 Å². The number of hydrogen-bond acceptors (Lipinski definition) is 6. The molecule has 3 amide bonds. The SMILES string of the molecule is O=C1CCNC(=O)c2cc(OCC3CC3)cc(c2)Oc2cccc(c2)CO[C@@H]2CCN(C(=O)c3ccccc3)C[C@@H]2N1. The fraction of sp³-hybridized carbons (Fsp3) is 0.364. The van der Waals surface area contributed by atoms with Crippen LogP contribution in [0.15, 0.2) is 72.8 Å². The number of rotatable bonds is 4. The Bertz CT molecular complexity index is 1440. The molecule has 0 radical (unpaired) electrons. The van der Waals surface area contributed by atoms with E-state index in [1.54, 1.807) is 35.2 Å². The molecule has 2 atom stereocenters. The molecule has 9 nitrogen and oxygen atoms in total. The van der Waals surface area contributed by atoms with Gasteiger partial charge in [0.1, 0.15) is 17.2 Å². The molecule has 2 aliphatic heterocycles. The zero-order chi connectivity index (χ0) is 28.9. The zero-order valence-corrected chi connectivity index (χ0v) is 23.4. The molecule has 0 spiro atoms. The molecule has 2 N–H and O–H groups in total. The lowest BCUT2D eigenvalue weighted by Gasteiger charge is -2.39. The number of amides is 3. The van der Waals surface area contributed by atoms with E-state index in [1.807, 2.05) is 42.5 Å². The highest BCUT2D eigenvalue weighted by Crippen LogP contribution is 2.32. The molecule has 4 bridgehead atoms. The van der Waals surface area contributed by atoms with E-state index in [2.05, 4.69) is 10.6 Å². The Hall–Kier alpha value is -4.37. The van der Waals surface area contributed by atoms with Crippen LogP contribution in [-0.4, -0.2) is 61.0 Å². The first-order chi connectivity index (χ1) is 20.5. The monoisotopic (exact) mass is 569 g/mol. The summed E-state index contributed by atoms with van der Waals surface area (Å²) in [7, 11) is 0. The second-order valence-corrected chi connectivity index (χ2v) is 11.1. The van der Waals surface area contributed by atoms with Gasteiger partial charge in [-0.15, -0.1) is 0 Å². The van der Waals surface area contributed by atoms with E-state index in [0.29, 0.717) is 67.0 Å². The Balaban J connectivity index is 1.21. The summed E-state index contributed by atoms with van der Waals surface area (Å²) < 4.78 is 18.5. The quantitative estimate of drug-likeness (QED) is 0.485. The highest BCUT2D eigenvalue weighted by molar-refractivity contribution is 5.95. The van der Waals surface area contributed by atoms with Crippen LogP contribution < -0.4 is 20.1 Å². The molecule has 6 rings (SSSR count). The van der Waals surface area contributed by atoms with Gasteiger partial charge in [-0.2, -0.15) is 0 Å². The number of likely N-dealkylation sites (tertiary alicyclic amines) is 1. The van der Waals surface area contributed by atoms with Crippen LogP contribution >= 0.6 is 0 Å². The van der Waals surface area contributed by atoms with E-state index >= 15 is 0 Å². The van der Waals surface area contributed by atoms with Gasteiger partial charge in [-0.05, 0) is 67.1 Å². The van der Waals surface area contributed by atoms with Crippen LogP contribution in [0.3, 0.4) is 0 Å². The summed E-state index contributed by atoms with van der Waals surface area (Å²) in [6.07, 6.45) is 2.69. The van der Waals surface area contributed by atoms with Gasteiger partial charge in [-0.3, -0.25) is 14.4 Å². The van der Waals surface area contributed by atoms with E-state index in [0.717, 1.165) is 18.4 Å². The molecule has 1 saturated carbocycles. The minimum atomic E-state index is -0.397. The van der Waals surface area contributed by atoms with Crippen LogP contribution in [-0.2, 0) is 16.1 Å². The van der Waals surface area contributed by atoms with Crippen LogP contribution in [0.5, 0.6) is 17.2 Å². The smallest absolute Gasteiger partial charge is 0.253 e. The maximum atomic E-state index is 13.2. The zero-order valence-electron chi connectivity index (χ0n) is 23.4. The Morgan fingerprint density at radius 2 is 1.81 bits per heavy atom. The van der Waals surface area contributed by atoms with Crippen LogP contribution in [0.25, 0.3) is 0 Å². The summed E-state index contributed by atoms with van der Waals surface area (Å²) in [4.78, 5) is 41.0. The van der Waals surface area contributed by atoms with E-state index in [1.165, 1.54) is 0 Å². The third kappa shape index (κ3) is 7.09. The predicted molar refractivity (Wildman–Crippen MR) is 156 cm³/mol. The number of nitrogens with one attached hydrogen (secondary N) is 2. The summed E-state index contributed by atoms with van der Waals surface area (Å²) >= 11 is 0. The molecule has 3 aromatic rings. The Morgan fingerprint density at radius 3 is 2.64 bits per heavy atom. The van der Waals surface area contributed by atoms with Crippen LogP contribution in [0.2, 0.25) is 0 Å². The highest BCUT2D eigenvalue weighted by Gasteiger charge is 2.33. The van der Waals surface area contributed by atoms with E-state index in [9.17, 15) is 14.4 Å². The van der Waals surface area contributed by atoms with Gasteiger partial charge in [0.25, 0.3) is 11.8 Å². The van der Waals surface area contributed by atoms with Gasteiger partial charge in [0, 0.05) is 43.2 Å². The largest absolute Gasteiger partial charge is 0.493 e. The number of piperidine rings is 1. The van der Waals surface area contributed by atoms with Crippen LogP contribution in [0.4, 0.5) is 0 Å². The Kier molecular flexibility index (Phi) is 8.37. The average Bonchev–Trinajstić information content (AvgIpc) is 3.84. The maximum absolute atomic E-state index is 13.2. The number of nitrogens with zero attached hydrogens (tertiary/aromatic N) is 1. The molecule has 2 fully saturated rings. The minimum Gasteiger partial charge on any atom is -0.493 e. The number of benzene rings is 3. The minimum absolute atomic E-state index is 0.0777. The van der Waals surface area contributed by atoms with Gasteiger partial charge in [-0.1, -0.05) is 30.3 Å². The summed E-state index contributed by atoms with van der Waals surface area (Å²) in [5.41, 5.74) is 1.91. The normalized spacial score (nSPS) is 21.2. The second-order valence-electron chi connectivity index (χ2n) is 11.1. The number of fused-ring (bicyclic) bond motifs is 5. The van der Waals surface area contributed by atoms with Gasteiger partial charge in [0.15, 0.2) is 0 Å². The topological polar surface area (TPSA) is 106 Å². The maximum Gasteiger partial charge on any atom is 0.253 e. The Morgan fingerprint density at radius 1 is 0.952 bits per heavy atom. The third-order valence-corrected chi connectivity index (χ3v) is 7.76. The molecule has 9 heteroatoms. The molecular formula is C33H35N3O6. The molecule has 3 aromatic carbocycles. The first kappa shape index (κ1) is 27.8. The van der Waals surface area contributed by atoms with E-state index in [-0.39, 0.29) is 36.8 Å². The average molecular weight is 570 g/mol. The number of carbonyl (C=O) groups excluding carboxylic acids is 3. The van der Waals surface area contributed by atoms with E-state index in [4.69, 9.17) is 14.2 Å². The Labute approximate surface area is 245 Å². The van der Waals surface area contributed by atoms with Gasteiger partial charge in [-0.25, -0.2) is 0 Å². The number of carbonyl (C=O) groups is 3. The number of hydrogen-bond donors (Lipinski definition) is 2. The summed E-state index contributed by atoms with van der Waals surface area (Å²) in [5, 5.41) is 5.91. The highest BCUT2D eigenvalue weighted by atomic mass is 16.5. The summed E-state index contributed by atoms with van der Waals surface area (Å²) in [5.74, 6) is 1.61. The molecule has 0 aromatic heterocycles. The van der Waals surface area contributed by atoms with Crippen LogP contribution in [0.1, 0.15) is 52.0 Å². The molecule has 1 aliphatic carbocycles. The molecule has 1 saturated heterocycles. The van der Waals surface area contributed by atoms with Crippen molar-refractivity contribution in [2.24, 2.45) is 5.92 Å². The van der Waals surface area contributed by atoms with Crippen molar-refractivity contribution in [3.8, 4) is 17.2 Å². The van der Waals surface area contributed by atoms with Gasteiger partial charge in [0.05, 0.1) is 25.4 Å². The second kappa shape index (κ2) is 12.7. The molecule has 2 heterocycles. The van der Waals surface area contributed by atoms with Crippen molar-refractivity contribution in [2.75, 3.05) is 26.2 Å². The van der Waals surface area contributed by atoms with Crippen molar-refractivity contribution in [1.29, 1.82) is 0 Å². The first-order valence-electron chi connectivity index (χ1n) is 14.6. The van der Waals surface area contributed by atoms with Crippen molar-refractivity contribution < 1.29 is 28.6 Å². The van der Waals surface area contributed by atoms with Gasteiger partial charge in [0.2, 0.25) is 5.91 Å². The van der Waals surface area contributed by atoms with Crippen molar-refractivity contribution in [1.82, 2.24) is 15.5 Å². The summed E-state index contributed by atoms with van der Waals surface area (Å²) in [6.45, 7) is 1.92. The molecule has 0 unspecified atom stereocenters. The lowest BCUT2D eigenvalue weighted by atomic mass is 10.00. The fourth-order valence-corrected chi connectivity index (χ4v) is 5.27. The third-order valence-electron chi connectivity index (χ3n) is 7.76. The van der Waals surface area contributed by atoms with Crippen molar-refractivity contribution in [3.05, 3.63) is 89.5 Å². The first-order valence-corrected chi connectivity index (χ1v) is 14.6. The van der Waals surface area contributed by atoms with E-state index < -0.39 is 6.04 Å². The lowest BCUT2D eigenvalue weighted by Crippen LogP contribution is -2.57. The lowest BCUT2D eigenvalue weighted by molar-refractivity contribution is -0.124. The molecule has 42 heavy (non-hydrogen) atoms. The van der Waals surface area contributed by atoms with Crippen molar-refractivity contribution >= 4 is 17.7 Å². The molecule has 218 valence electrons. The standard InChI is InChI=1S/C33H35N3O6/c37-31-11-13-34-32(38)25-16-27(40-20-22-9-10-22)18-28(17-25)42-26-8-4-5-23(15-26)21-41-30-12-14-36(19-29(30)35-31)33(39)24-6-2-1-3-7-24/h1-8,15-18,22,29-30H,9-14,19-21H2,(H,34,38)(H,35,37)/t29-,30+/m0/s1. The predicted octanol–water partition coefficient (Wildman–Crippen LogP) is 4.32. The molecule has 3 aliphatic rings. The fourth-order valence-electron chi connectivity index (χ4n) is 5.27. The molecular weight excluding hydrogens is 534 g/mol. The van der Waals surface area contributed by atoms with Crippen molar-refractivity contribution in [2.45, 2.75) is 44.4 Å². The van der Waals surface area contributed by atoms with Crippen molar-refractivity contribution in [3.63, 3.8) is 0 Å².